The van der Waals surface area contributed by atoms with Crippen LogP contribution in [-0.2, 0) is 51.2 Å². The lowest BCUT2D eigenvalue weighted by Gasteiger charge is -2.27. The molecule has 2 rings (SSSR count). The minimum absolute atomic E-state index is 0.0316. The third-order valence-corrected chi connectivity index (χ3v) is 8.69. The van der Waals surface area contributed by atoms with Crippen LogP contribution in [0.25, 0.3) is 0 Å². The third kappa shape index (κ3) is 18.0. The summed E-state index contributed by atoms with van der Waals surface area (Å²) in [6.07, 6.45) is -2.69. The smallest absolute Gasteiger partial charge is 0.328 e. The summed E-state index contributed by atoms with van der Waals surface area (Å²) < 4.78 is 0. The molecule has 7 atom stereocenters. The van der Waals surface area contributed by atoms with Gasteiger partial charge in [-0.15, -0.1) is 0 Å². The number of nitrogens with two attached hydrogens (primary N) is 3. The second-order valence-electron chi connectivity index (χ2n) is 13.6. The van der Waals surface area contributed by atoms with Crippen LogP contribution in [0.3, 0.4) is 0 Å². The summed E-state index contributed by atoms with van der Waals surface area (Å²) in [6, 6.07) is 8.26. The van der Waals surface area contributed by atoms with Crippen molar-refractivity contribution in [2.75, 3.05) is 13.1 Å². The van der Waals surface area contributed by atoms with Gasteiger partial charge in [-0.3, -0.25) is 38.6 Å². The summed E-state index contributed by atoms with van der Waals surface area (Å²) in [4.78, 5) is 107. The van der Waals surface area contributed by atoms with E-state index in [1.165, 1.54) is 13.8 Å². The molecule has 0 saturated heterocycles. The normalized spacial score (nSPS) is 14.3. The molecule has 0 unspecified atom stereocenters. The van der Waals surface area contributed by atoms with Crippen LogP contribution >= 0.6 is 0 Å². The van der Waals surface area contributed by atoms with Crippen molar-refractivity contribution in [3.63, 3.8) is 0 Å². The van der Waals surface area contributed by atoms with Gasteiger partial charge in [0.2, 0.25) is 35.4 Å². The SMILES string of the molecule is C[C@H](NC(=O)CN)C(=O)N[C@@H](CCC(=O)O)C(=O)N[C@@H](Cc1ccccc1)C(=O)N[C@@H](CCCN=C(N)N)C(=O)N[C@@H](Cc1ccccc1)C(=O)N[C@H](C(=O)O)[C@@H](C)O. The van der Waals surface area contributed by atoms with Gasteiger partial charge in [0, 0.05) is 25.8 Å². The minimum atomic E-state index is -1.72. The summed E-state index contributed by atoms with van der Waals surface area (Å²) in [7, 11) is 0. The minimum Gasteiger partial charge on any atom is -0.481 e. The molecule has 0 bridgehead atoms. The van der Waals surface area contributed by atoms with Crippen LogP contribution in [-0.4, -0.2) is 124 Å². The van der Waals surface area contributed by atoms with Crippen LogP contribution in [0, 0.1) is 0 Å². The molecule has 21 nitrogen and oxygen atoms in total. The van der Waals surface area contributed by atoms with Gasteiger partial charge in [0.15, 0.2) is 12.0 Å². The molecule has 0 aliphatic rings. The monoisotopic (exact) mass is 826 g/mol. The van der Waals surface area contributed by atoms with E-state index < -0.39 is 109 Å². The zero-order valence-electron chi connectivity index (χ0n) is 32.8. The van der Waals surface area contributed by atoms with Crippen LogP contribution < -0.4 is 49.1 Å². The topological polar surface area (TPSA) is 360 Å². The highest BCUT2D eigenvalue weighted by atomic mass is 16.4. The van der Waals surface area contributed by atoms with E-state index in [4.69, 9.17) is 17.2 Å². The molecule has 59 heavy (non-hydrogen) atoms. The van der Waals surface area contributed by atoms with Crippen LogP contribution in [0.5, 0.6) is 0 Å². The molecule has 0 aliphatic heterocycles. The fraction of sp³-hybridized carbons (Fsp3) is 0.447. The molecular weight excluding hydrogens is 772 g/mol. The highest BCUT2D eigenvalue weighted by Gasteiger charge is 2.34. The number of aliphatic hydroxyl groups excluding tert-OH is 1. The van der Waals surface area contributed by atoms with Gasteiger partial charge in [-0.1, -0.05) is 60.7 Å². The highest BCUT2D eigenvalue weighted by Crippen LogP contribution is 2.10. The predicted octanol–water partition coefficient (Wildman–Crippen LogP) is -3.26. The lowest BCUT2D eigenvalue weighted by Crippen LogP contribution is -2.60. The molecular formula is C38H54N10O11. The van der Waals surface area contributed by atoms with Crippen molar-refractivity contribution in [1.82, 2.24) is 31.9 Å². The lowest BCUT2D eigenvalue weighted by atomic mass is 10.0. The van der Waals surface area contributed by atoms with Gasteiger partial charge in [-0.25, -0.2) is 4.79 Å². The number of aliphatic carboxylic acids is 2. The maximum Gasteiger partial charge on any atom is 0.328 e. The molecule has 0 heterocycles. The van der Waals surface area contributed by atoms with Gasteiger partial charge in [0.1, 0.15) is 30.2 Å². The first kappa shape index (κ1) is 48.5. The van der Waals surface area contributed by atoms with Crippen molar-refractivity contribution in [1.29, 1.82) is 0 Å². The first-order chi connectivity index (χ1) is 27.9. The number of hydrogen-bond acceptors (Lipinski definition) is 11. The van der Waals surface area contributed by atoms with Crippen molar-refractivity contribution in [3.05, 3.63) is 71.8 Å². The first-order valence-corrected chi connectivity index (χ1v) is 18.7. The second-order valence-corrected chi connectivity index (χ2v) is 13.6. The number of nitrogens with one attached hydrogen (secondary N) is 6. The number of rotatable bonds is 25. The molecule has 0 radical (unpaired) electrons. The third-order valence-electron chi connectivity index (χ3n) is 8.69. The fourth-order valence-electron chi connectivity index (χ4n) is 5.55. The Morgan fingerprint density at radius 1 is 0.627 bits per heavy atom. The summed E-state index contributed by atoms with van der Waals surface area (Å²) in [5.41, 5.74) is 17.4. The predicted molar refractivity (Wildman–Crippen MR) is 213 cm³/mol. The average molecular weight is 827 g/mol. The largest absolute Gasteiger partial charge is 0.481 e. The Morgan fingerprint density at radius 3 is 1.51 bits per heavy atom. The molecule has 0 aromatic heterocycles. The number of benzene rings is 2. The Balaban J connectivity index is 2.48. The number of aliphatic hydroxyl groups is 1. The molecule has 21 heteroatoms. The van der Waals surface area contributed by atoms with Crippen molar-refractivity contribution >= 4 is 53.3 Å². The maximum atomic E-state index is 14.1. The summed E-state index contributed by atoms with van der Waals surface area (Å²) >= 11 is 0. The summed E-state index contributed by atoms with van der Waals surface area (Å²) in [6.45, 7) is 2.11. The Hall–Kier alpha value is -6.61. The van der Waals surface area contributed by atoms with E-state index in [0.29, 0.717) is 11.1 Å². The number of carbonyl (C=O) groups excluding carboxylic acids is 6. The number of carboxylic acid groups (broad SMARTS) is 2. The summed E-state index contributed by atoms with van der Waals surface area (Å²) in [5, 5.41) is 43.6. The Kier molecular flexibility index (Phi) is 20.5. The molecule has 0 spiro atoms. The van der Waals surface area contributed by atoms with Crippen LogP contribution in [0.2, 0.25) is 0 Å². The molecule has 0 saturated carbocycles. The first-order valence-electron chi connectivity index (χ1n) is 18.7. The van der Waals surface area contributed by atoms with Crippen molar-refractivity contribution in [2.45, 2.75) is 94.7 Å². The molecule has 322 valence electrons. The highest BCUT2D eigenvalue weighted by molar-refractivity contribution is 5.97. The Bertz CT molecular complexity index is 1780. The van der Waals surface area contributed by atoms with Gasteiger partial charge < -0.3 is 64.4 Å². The van der Waals surface area contributed by atoms with Gasteiger partial charge in [-0.05, 0) is 44.2 Å². The Labute approximate surface area is 340 Å². The van der Waals surface area contributed by atoms with E-state index in [2.05, 4.69) is 36.9 Å². The number of amides is 6. The quantitative estimate of drug-likeness (QED) is 0.0266. The molecule has 6 amide bonds. The van der Waals surface area contributed by atoms with E-state index in [1.54, 1.807) is 60.7 Å². The van der Waals surface area contributed by atoms with E-state index in [0.717, 1.165) is 0 Å². The fourth-order valence-corrected chi connectivity index (χ4v) is 5.55. The van der Waals surface area contributed by atoms with E-state index in [1.807, 2.05) is 0 Å². The molecule has 2 aromatic rings. The molecule has 0 aliphatic carbocycles. The second kappa shape index (κ2) is 24.9. The lowest BCUT2D eigenvalue weighted by molar-refractivity contribution is -0.145. The standard InChI is InChI=1S/C38H54N10O11/c1-21(43-29(50)20-39)32(53)44-26(15-16-30(51)52)34(55)46-27(18-23-10-5-3-6-11-23)35(56)45-25(14-9-17-42-38(40)41)33(54)47-28(19-24-12-7-4-8-13-24)36(57)48-31(22(2)49)37(58)59/h3-8,10-13,21-22,25-28,31,49H,9,14-20,39H2,1-2H3,(H,43,50)(H,44,53)(H,45,56)(H,46,55)(H,47,54)(H,48,57)(H,51,52)(H,58,59)(H4,40,41,42)/t21-,22+,25-,26-,27-,28-,31-/m0/s1. The number of carbonyl (C=O) groups is 8. The van der Waals surface area contributed by atoms with Crippen LogP contribution in [0.4, 0.5) is 0 Å². The van der Waals surface area contributed by atoms with Gasteiger partial charge in [0.25, 0.3) is 0 Å². The van der Waals surface area contributed by atoms with Crippen LogP contribution in [0.1, 0.15) is 50.7 Å². The number of aliphatic imine (C=N–C) groups is 1. The zero-order valence-corrected chi connectivity index (χ0v) is 32.8. The number of guanidine groups is 1. The van der Waals surface area contributed by atoms with E-state index >= 15 is 0 Å². The van der Waals surface area contributed by atoms with E-state index in [-0.39, 0.29) is 38.2 Å². The number of hydrogen-bond donors (Lipinski definition) is 12. The molecule has 2 aromatic carbocycles. The van der Waals surface area contributed by atoms with Crippen molar-refractivity contribution < 1.29 is 53.7 Å². The van der Waals surface area contributed by atoms with Gasteiger partial charge in [-0.2, -0.15) is 0 Å². The van der Waals surface area contributed by atoms with Crippen molar-refractivity contribution in [3.8, 4) is 0 Å². The van der Waals surface area contributed by atoms with Gasteiger partial charge >= 0.3 is 11.9 Å². The van der Waals surface area contributed by atoms with Gasteiger partial charge in [0.05, 0.1) is 12.6 Å². The maximum absolute atomic E-state index is 14.1. The Morgan fingerprint density at radius 2 is 1.07 bits per heavy atom. The van der Waals surface area contributed by atoms with Crippen LogP contribution in [0.15, 0.2) is 65.7 Å². The van der Waals surface area contributed by atoms with Crippen molar-refractivity contribution in [2.24, 2.45) is 22.2 Å². The van der Waals surface area contributed by atoms with E-state index in [9.17, 15) is 53.7 Å². The number of carboxylic acids is 2. The number of nitrogens with zero attached hydrogens (tertiary/aromatic N) is 1. The average Bonchev–Trinajstić information content (AvgIpc) is 3.18. The zero-order chi connectivity index (χ0) is 44.1. The summed E-state index contributed by atoms with van der Waals surface area (Å²) in [5.74, 6) is -8.19. The molecule has 0 fully saturated rings. The molecule has 15 N–H and O–H groups in total.